The number of hydrogen-bond acceptors (Lipinski definition) is 5. The minimum Gasteiger partial charge on any atom is -0.377 e. The lowest BCUT2D eigenvalue weighted by Gasteiger charge is -2.25. The number of carbonyl (C=O) groups is 1. The maximum absolute atomic E-state index is 13.5. The van der Waals surface area contributed by atoms with Gasteiger partial charge in [-0.1, -0.05) is 41.5 Å². The number of anilines is 2. The topological polar surface area (TPSA) is 82.1 Å². The van der Waals surface area contributed by atoms with Gasteiger partial charge in [-0.2, -0.15) is 5.10 Å². The third kappa shape index (κ3) is 6.49. The number of benzene rings is 3. The first kappa shape index (κ1) is 26.4. The van der Waals surface area contributed by atoms with Gasteiger partial charge in [0.2, 0.25) is 0 Å². The van der Waals surface area contributed by atoms with Crippen LogP contribution in [0, 0.1) is 20.8 Å². The van der Waals surface area contributed by atoms with Crippen molar-refractivity contribution in [2.45, 2.75) is 25.7 Å². The highest BCUT2D eigenvalue weighted by Gasteiger charge is 2.28. The fourth-order valence-corrected chi connectivity index (χ4v) is 5.77. The molecule has 9 heteroatoms. The predicted molar refractivity (Wildman–Crippen MR) is 146 cm³/mol. The summed E-state index contributed by atoms with van der Waals surface area (Å²) < 4.78 is 29.1. The molecule has 3 aromatic carbocycles. The van der Waals surface area contributed by atoms with Crippen LogP contribution in [0.2, 0.25) is 0 Å². The van der Waals surface area contributed by atoms with E-state index in [9.17, 15) is 13.2 Å². The van der Waals surface area contributed by atoms with Crippen LogP contribution in [-0.4, -0.2) is 41.2 Å². The second kappa shape index (κ2) is 11.0. The summed E-state index contributed by atoms with van der Waals surface area (Å²) in [5.41, 5.74) is 7.38. The summed E-state index contributed by atoms with van der Waals surface area (Å²) in [5, 5.41) is 4.03. The van der Waals surface area contributed by atoms with Gasteiger partial charge in [0.05, 0.1) is 22.5 Å². The molecule has 7 nitrogen and oxygen atoms in total. The second-order valence-corrected chi connectivity index (χ2v) is 11.2. The van der Waals surface area contributed by atoms with E-state index in [0.29, 0.717) is 5.69 Å². The molecule has 0 saturated heterocycles. The van der Waals surface area contributed by atoms with Crippen LogP contribution in [0.5, 0.6) is 0 Å². The smallest absolute Gasteiger partial charge is 0.264 e. The maximum atomic E-state index is 13.5. The van der Waals surface area contributed by atoms with Crippen molar-refractivity contribution < 1.29 is 13.2 Å². The molecule has 0 spiro atoms. The van der Waals surface area contributed by atoms with E-state index in [1.54, 1.807) is 30.3 Å². The summed E-state index contributed by atoms with van der Waals surface area (Å²) in [5.74, 6) is -0.555. The van der Waals surface area contributed by atoms with Gasteiger partial charge in [-0.25, -0.2) is 13.8 Å². The number of nitrogens with zero attached hydrogens (tertiary/aromatic N) is 3. The number of hydrazone groups is 1. The Kier molecular flexibility index (Phi) is 8.34. The Hall–Kier alpha value is -3.17. The lowest BCUT2D eigenvalue weighted by atomic mass is 10.1. The molecule has 0 aliphatic carbocycles. The molecule has 0 bridgehead atoms. The number of nitrogens with one attached hydrogen (secondary N) is 1. The molecule has 35 heavy (non-hydrogen) atoms. The van der Waals surface area contributed by atoms with Crippen molar-refractivity contribution in [3.05, 3.63) is 87.4 Å². The highest BCUT2D eigenvalue weighted by atomic mass is 79.9. The number of carbonyl (C=O) groups excluding carboxylic acids is 1. The molecule has 1 N–H and O–H groups in total. The average molecular weight is 558 g/mol. The molecule has 0 saturated carbocycles. The predicted octanol–water partition coefficient (Wildman–Crippen LogP) is 4.79. The molecule has 3 aromatic rings. The highest BCUT2D eigenvalue weighted by Crippen LogP contribution is 2.28. The van der Waals surface area contributed by atoms with Crippen LogP contribution in [0.15, 0.2) is 75.1 Å². The fourth-order valence-electron chi connectivity index (χ4n) is 3.53. The largest absolute Gasteiger partial charge is 0.377 e. The van der Waals surface area contributed by atoms with Crippen molar-refractivity contribution in [2.75, 3.05) is 29.8 Å². The summed E-state index contributed by atoms with van der Waals surface area (Å²) in [6, 6.07) is 17.7. The molecular formula is C26H29BrN4O3S. The molecule has 0 radical (unpaired) electrons. The van der Waals surface area contributed by atoms with Crippen LogP contribution in [0.25, 0.3) is 0 Å². The lowest BCUT2D eigenvalue weighted by Crippen LogP contribution is -2.40. The van der Waals surface area contributed by atoms with E-state index >= 15 is 0 Å². The first-order chi connectivity index (χ1) is 16.5. The van der Waals surface area contributed by atoms with E-state index < -0.39 is 22.5 Å². The van der Waals surface area contributed by atoms with E-state index in [1.165, 1.54) is 6.21 Å². The molecule has 0 aliphatic heterocycles. The monoisotopic (exact) mass is 556 g/mol. The van der Waals surface area contributed by atoms with Crippen LogP contribution < -0.4 is 14.6 Å². The Bertz CT molecular complexity index is 1350. The number of amides is 1. The highest BCUT2D eigenvalue weighted by molar-refractivity contribution is 9.10. The van der Waals surface area contributed by atoms with Gasteiger partial charge in [0.1, 0.15) is 6.54 Å². The quantitative estimate of drug-likeness (QED) is 0.319. The van der Waals surface area contributed by atoms with Crippen LogP contribution in [0.1, 0.15) is 22.3 Å². The summed E-state index contributed by atoms with van der Waals surface area (Å²) in [6.45, 7) is 5.22. The second-order valence-electron chi connectivity index (χ2n) is 8.51. The minimum absolute atomic E-state index is 0.116. The zero-order valence-electron chi connectivity index (χ0n) is 20.4. The number of aryl methyl sites for hydroxylation is 3. The van der Waals surface area contributed by atoms with Crippen molar-refractivity contribution >= 4 is 49.4 Å². The van der Waals surface area contributed by atoms with Gasteiger partial charge in [-0.15, -0.1) is 0 Å². The van der Waals surface area contributed by atoms with E-state index in [0.717, 1.165) is 36.7 Å². The molecule has 0 fully saturated rings. The minimum atomic E-state index is -3.99. The summed E-state index contributed by atoms with van der Waals surface area (Å²) >= 11 is 3.52. The third-order valence-electron chi connectivity index (χ3n) is 5.37. The number of halogens is 1. The van der Waals surface area contributed by atoms with Crippen molar-refractivity contribution in [1.82, 2.24) is 5.43 Å². The molecule has 0 aliphatic rings. The molecule has 1 amide bonds. The summed E-state index contributed by atoms with van der Waals surface area (Å²) in [6.07, 6.45) is 1.51. The Morgan fingerprint density at radius 1 is 0.943 bits per heavy atom. The number of rotatable bonds is 8. The zero-order valence-corrected chi connectivity index (χ0v) is 22.8. The van der Waals surface area contributed by atoms with Crippen molar-refractivity contribution in [1.29, 1.82) is 0 Å². The van der Waals surface area contributed by atoms with E-state index in [4.69, 9.17) is 0 Å². The normalized spacial score (nSPS) is 11.5. The van der Waals surface area contributed by atoms with Crippen LogP contribution in [0.3, 0.4) is 0 Å². The molecule has 184 valence electrons. The Labute approximate surface area is 215 Å². The molecule has 0 heterocycles. The summed E-state index contributed by atoms with van der Waals surface area (Å²) in [7, 11) is -0.0979. The maximum Gasteiger partial charge on any atom is 0.264 e. The first-order valence-electron chi connectivity index (χ1n) is 10.9. The first-order valence-corrected chi connectivity index (χ1v) is 13.2. The molecule has 3 rings (SSSR count). The molecular weight excluding hydrogens is 528 g/mol. The van der Waals surface area contributed by atoms with Crippen molar-refractivity contribution in [3.63, 3.8) is 0 Å². The van der Waals surface area contributed by atoms with Gasteiger partial charge in [0.15, 0.2) is 0 Å². The molecule has 0 atom stereocenters. The molecule has 0 aromatic heterocycles. The van der Waals surface area contributed by atoms with Crippen LogP contribution >= 0.6 is 15.9 Å². The zero-order chi connectivity index (χ0) is 25.8. The third-order valence-corrected chi connectivity index (χ3v) is 7.78. The van der Waals surface area contributed by atoms with Crippen molar-refractivity contribution in [2.24, 2.45) is 5.10 Å². The fraction of sp³-hybridized carbons (Fsp3) is 0.231. The Morgan fingerprint density at radius 3 is 2.17 bits per heavy atom. The van der Waals surface area contributed by atoms with Crippen molar-refractivity contribution in [3.8, 4) is 0 Å². The van der Waals surface area contributed by atoms with Gasteiger partial charge in [0.25, 0.3) is 15.9 Å². The van der Waals surface area contributed by atoms with Crippen LogP contribution in [-0.2, 0) is 14.8 Å². The molecule has 0 unspecified atom stereocenters. The van der Waals surface area contributed by atoms with Gasteiger partial charge >= 0.3 is 0 Å². The van der Waals surface area contributed by atoms with Gasteiger partial charge in [-0.3, -0.25) is 9.10 Å². The SMILES string of the molecule is Cc1ccc(S(=O)(=O)N(CC(=O)N/N=C\c2ccc(N(C)C)c(Br)c2)c2ccc(C)cc2C)cc1. The number of hydrogen-bond donors (Lipinski definition) is 1. The average Bonchev–Trinajstić information content (AvgIpc) is 2.78. The van der Waals surface area contributed by atoms with Gasteiger partial charge in [-0.05, 0) is 78.2 Å². The van der Waals surface area contributed by atoms with Gasteiger partial charge in [0, 0.05) is 18.6 Å². The van der Waals surface area contributed by atoms with E-state index in [2.05, 4.69) is 26.5 Å². The van der Waals surface area contributed by atoms with E-state index in [1.807, 2.05) is 70.1 Å². The van der Waals surface area contributed by atoms with Gasteiger partial charge < -0.3 is 4.90 Å². The standard InChI is InChI=1S/C26H29BrN4O3S/c1-18-6-10-22(11-7-18)35(33,34)31(24-12-8-19(2)14-20(24)3)17-26(32)29-28-16-21-9-13-25(30(4)5)23(27)15-21/h6-16H,17H2,1-5H3,(H,29,32)/b28-16-. The number of sulfonamides is 1. The van der Waals surface area contributed by atoms with Crippen LogP contribution in [0.4, 0.5) is 11.4 Å². The Morgan fingerprint density at radius 2 is 1.57 bits per heavy atom. The lowest BCUT2D eigenvalue weighted by molar-refractivity contribution is -0.119. The van der Waals surface area contributed by atoms with E-state index in [-0.39, 0.29) is 4.90 Å². The Balaban J connectivity index is 1.85. The summed E-state index contributed by atoms with van der Waals surface area (Å²) in [4.78, 5) is 14.9.